The normalized spacial score (nSPS) is 10.5. The van der Waals surface area contributed by atoms with Gasteiger partial charge in [0, 0.05) is 28.8 Å². The summed E-state index contributed by atoms with van der Waals surface area (Å²) in [5.74, 6) is 0.196. The van der Waals surface area contributed by atoms with Gasteiger partial charge in [-0.15, -0.1) is 0 Å². The molecule has 0 unspecified atom stereocenters. The Hall–Kier alpha value is -3.97. The van der Waals surface area contributed by atoms with Crippen molar-refractivity contribution in [3.8, 4) is 0 Å². The Morgan fingerprint density at radius 2 is 1.53 bits per heavy atom. The summed E-state index contributed by atoms with van der Waals surface area (Å²) in [5.41, 5.74) is 3.25. The Labute approximate surface area is 189 Å². The van der Waals surface area contributed by atoms with Crippen LogP contribution in [0.2, 0.25) is 5.02 Å². The molecule has 0 aliphatic heterocycles. The quantitative estimate of drug-likeness (QED) is 0.322. The number of hydrogen-bond donors (Lipinski definition) is 3. The molecule has 0 aliphatic rings. The third-order valence-corrected chi connectivity index (χ3v) is 4.79. The van der Waals surface area contributed by atoms with Crippen molar-refractivity contribution in [1.29, 1.82) is 0 Å². The molecule has 160 valence electrons. The topological polar surface area (TPSA) is 78.9 Å². The van der Waals surface area contributed by atoms with Gasteiger partial charge in [0.1, 0.15) is 11.6 Å². The largest absolute Gasteiger partial charge is 0.340 e. The van der Waals surface area contributed by atoms with Crippen molar-refractivity contribution < 1.29 is 9.18 Å². The highest BCUT2D eigenvalue weighted by Crippen LogP contribution is 2.22. The van der Waals surface area contributed by atoms with Gasteiger partial charge in [-0.25, -0.2) is 9.37 Å². The van der Waals surface area contributed by atoms with Gasteiger partial charge in [0.2, 0.25) is 5.95 Å². The van der Waals surface area contributed by atoms with Crippen molar-refractivity contribution in [3.05, 3.63) is 101 Å². The second-order valence-electron chi connectivity index (χ2n) is 6.99. The number of amides is 1. The molecule has 0 spiro atoms. The van der Waals surface area contributed by atoms with Gasteiger partial charge in [-0.2, -0.15) is 4.98 Å². The molecular formula is C24H19ClFN5O. The predicted molar refractivity (Wildman–Crippen MR) is 126 cm³/mol. The molecule has 3 aromatic carbocycles. The van der Waals surface area contributed by atoms with Crippen molar-refractivity contribution >= 4 is 46.3 Å². The fourth-order valence-electron chi connectivity index (χ4n) is 3.00. The lowest BCUT2D eigenvalue weighted by molar-refractivity contribution is 0.102. The Kier molecular flexibility index (Phi) is 6.28. The molecule has 0 radical (unpaired) electrons. The van der Waals surface area contributed by atoms with E-state index < -0.39 is 11.7 Å². The number of carbonyl (C=O) groups excluding carboxylic acids is 1. The first-order chi connectivity index (χ1) is 15.5. The molecule has 4 aromatic rings. The SMILES string of the molecule is Cc1cc(Nc2ccccc2)nc(Nc2ccc(NC(=O)c3ccc(F)cc3Cl)cc2)n1. The third kappa shape index (κ3) is 5.39. The Balaban J connectivity index is 1.44. The number of nitrogens with one attached hydrogen (secondary N) is 3. The first-order valence-corrected chi connectivity index (χ1v) is 10.2. The van der Waals surface area contributed by atoms with Crippen LogP contribution in [0.5, 0.6) is 0 Å². The maximum Gasteiger partial charge on any atom is 0.257 e. The smallest absolute Gasteiger partial charge is 0.257 e. The van der Waals surface area contributed by atoms with Gasteiger partial charge >= 0.3 is 0 Å². The summed E-state index contributed by atoms with van der Waals surface area (Å²) in [5, 5.41) is 9.21. The molecule has 1 amide bonds. The number of rotatable bonds is 6. The van der Waals surface area contributed by atoms with E-state index in [2.05, 4.69) is 25.9 Å². The lowest BCUT2D eigenvalue weighted by Crippen LogP contribution is -2.12. The molecule has 32 heavy (non-hydrogen) atoms. The van der Waals surface area contributed by atoms with E-state index in [0.29, 0.717) is 17.5 Å². The average Bonchev–Trinajstić information content (AvgIpc) is 2.75. The van der Waals surface area contributed by atoms with Crippen LogP contribution in [0.3, 0.4) is 0 Å². The lowest BCUT2D eigenvalue weighted by Gasteiger charge is -2.11. The summed E-state index contributed by atoms with van der Waals surface area (Å²) in [4.78, 5) is 21.3. The van der Waals surface area contributed by atoms with Crippen LogP contribution in [0.4, 0.5) is 33.2 Å². The molecular weight excluding hydrogens is 429 g/mol. The van der Waals surface area contributed by atoms with Crippen LogP contribution >= 0.6 is 11.6 Å². The first kappa shape index (κ1) is 21.3. The number of halogens is 2. The van der Waals surface area contributed by atoms with Crippen molar-refractivity contribution in [3.63, 3.8) is 0 Å². The minimum Gasteiger partial charge on any atom is -0.340 e. The highest BCUT2D eigenvalue weighted by molar-refractivity contribution is 6.34. The highest BCUT2D eigenvalue weighted by atomic mass is 35.5. The minimum atomic E-state index is -0.498. The maximum absolute atomic E-state index is 13.2. The highest BCUT2D eigenvalue weighted by Gasteiger charge is 2.11. The molecule has 4 rings (SSSR count). The third-order valence-electron chi connectivity index (χ3n) is 4.48. The molecule has 0 bridgehead atoms. The van der Waals surface area contributed by atoms with Gasteiger partial charge < -0.3 is 16.0 Å². The second-order valence-corrected chi connectivity index (χ2v) is 7.40. The summed E-state index contributed by atoms with van der Waals surface area (Å²) >= 11 is 5.95. The number of aromatic nitrogens is 2. The van der Waals surface area contributed by atoms with E-state index in [4.69, 9.17) is 11.6 Å². The summed E-state index contributed by atoms with van der Waals surface area (Å²) in [6.45, 7) is 1.89. The minimum absolute atomic E-state index is 0.0531. The number of para-hydroxylation sites is 1. The van der Waals surface area contributed by atoms with Crippen molar-refractivity contribution in [2.75, 3.05) is 16.0 Å². The fraction of sp³-hybridized carbons (Fsp3) is 0.0417. The summed E-state index contributed by atoms with van der Waals surface area (Å²) in [6, 6.07) is 22.3. The van der Waals surface area contributed by atoms with Crippen molar-refractivity contribution in [2.45, 2.75) is 6.92 Å². The molecule has 1 heterocycles. The lowest BCUT2D eigenvalue weighted by atomic mass is 10.2. The zero-order chi connectivity index (χ0) is 22.5. The van der Waals surface area contributed by atoms with E-state index in [-0.39, 0.29) is 10.6 Å². The molecule has 0 atom stereocenters. The number of aryl methyl sites for hydroxylation is 1. The number of carbonyl (C=O) groups is 1. The van der Waals surface area contributed by atoms with Crippen LogP contribution in [0.1, 0.15) is 16.1 Å². The Morgan fingerprint density at radius 1 is 0.844 bits per heavy atom. The summed E-state index contributed by atoms with van der Waals surface area (Å²) in [7, 11) is 0. The second kappa shape index (κ2) is 9.45. The maximum atomic E-state index is 13.2. The predicted octanol–water partition coefficient (Wildman–Crippen LogP) is 6.32. The molecule has 6 nitrogen and oxygen atoms in total. The Bertz CT molecular complexity index is 1250. The number of benzene rings is 3. The molecule has 0 aliphatic carbocycles. The fourth-order valence-corrected chi connectivity index (χ4v) is 3.25. The van der Waals surface area contributed by atoms with Crippen LogP contribution in [-0.4, -0.2) is 15.9 Å². The van der Waals surface area contributed by atoms with Gasteiger partial charge in [0.25, 0.3) is 5.91 Å². The standard InChI is InChI=1S/C24H19ClFN5O/c1-15-13-22(28-17-5-3-2-4-6-17)31-24(27-15)30-19-10-8-18(9-11-19)29-23(32)20-12-7-16(26)14-21(20)25/h2-14H,1H3,(H,29,32)(H2,27,28,30,31). The molecule has 0 saturated heterocycles. The zero-order valence-corrected chi connectivity index (χ0v) is 17.8. The van der Waals surface area contributed by atoms with Crippen molar-refractivity contribution in [1.82, 2.24) is 9.97 Å². The molecule has 1 aromatic heterocycles. The zero-order valence-electron chi connectivity index (χ0n) is 17.1. The van der Waals surface area contributed by atoms with Gasteiger partial charge in [-0.1, -0.05) is 29.8 Å². The Morgan fingerprint density at radius 3 is 2.25 bits per heavy atom. The van der Waals surface area contributed by atoms with Gasteiger partial charge in [0.05, 0.1) is 10.6 Å². The number of hydrogen-bond acceptors (Lipinski definition) is 5. The van der Waals surface area contributed by atoms with Gasteiger partial charge in [-0.3, -0.25) is 4.79 Å². The molecule has 0 fully saturated rings. The van der Waals surface area contributed by atoms with Crippen LogP contribution in [0.15, 0.2) is 78.9 Å². The average molecular weight is 448 g/mol. The summed E-state index contributed by atoms with van der Waals surface area (Å²) < 4.78 is 13.2. The van der Waals surface area contributed by atoms with E-state index in [1.54, 1.807) is 24.3 Å². The van der Waals surface area contributed by atoms with Gasteiger partial charge in [-0.05, 0) is 61.5 Å². The van der Waals surface area contributed by atoms with E-state index in [1.165, 1.54) is 12.1 Å². The number of nitrogens with zero attached hydrogens (tertiary/aromatic N) is 2. The van der Waals surface area contributed by atoms with Crippen LogP contribution in [-0.2, 0) is 0 Å². The van der Waals surface area contributed by atoms with Gasteiger partial charge in [0.15, 0.2) is 0 Å². The van der Waals surface area contributed by atoms with E-state index in [0.717, 1.165) is 23.1 Å². The van der Waals surface area contributed by atoms with E-state index >= 15 is 0 Å². The first-order valence-electron chi connectivity index (χ1n) is 9.77. The molecule has 0 saturated carbocycles. The van der Waals surface area contributed by atoms with Crippen molar-refractivity contribution in [2.24, 2.45) is 0 Å². The monoisotopic (exact) mass is 447 g/mol. The molecule has 8 heteroatoms. The van der Waals surface area contributed by atoms with Crippen LogP contribution < -0.4 is 16.0 Å². The summed E-state index contributed by atoms with van der Waals surface area (Å²) in [6.07, 6.45) is 0. The van der Waals surface area contributed by atoms with E-state index in [9.17, 15) is 9.18 Å². The van der Waals surface area contributed by atoms with Crippen LogP contribution in [0, 0.1) is 12.7 Å². The number of anilines is 5. The van der Waals surface area contributed by atoms with E-state index in [1.807, 2.05) is 43.3 Å². The van der Waals surface area contributed by atoms with Crippen LogP contribution in [0.25, 0.3) is 0 Å². The molecule has 3 N–H and O–H groups in total.